The number of nitrogens with zero attached hydrogens (tertiary/aromatic N) is 1. The van der Waals surface area contributed by atoms with Crippen LogP contribution in [0.5, 0.6) is 0 Å². The lowest BCUT2D eigenvalue weighted by molar-refractivity contribution is 0.315. The first kappa shape index (κ1) is 14.2. The third-order valence-electron chi connectivity index (χ3n) is 3.31. The minimum absolute atomic E-state index is 0.0726. The Balaban J connectivity index is 1.92. The zero-order chi connectivity index (χ0) is 13.8. The Morgan fingerprint density at radius 2 is 2.00 bits per heavy atom. The third-order valence-corrected chi connectivity index (χ3v) is 3.77. The molecule has 0 radical (unpaired) electrons. The number of aliphatic imine (C=N–C) groups is 1. The molecule has 0 heterocycles. The van der Waals surface area contributed by atoms with Crippen molar-refractivity contribution < 1.29 is 8.78 Å². The van der Waals surface area contributed by atoms with Crippen LogP contribution in [0.4, 0.5) is 8.78 Å². The van der Waals surface area contributed by atoms with Gasteiger partial charge in [0.1, 0.15) is 11.6 Å². The van der Waals surface area contributed by atoms with Gasteiger partial charge in [-0.05, 0) is 30.9 Å². The van der Waals surface area contributed by atoms with Gasteiger partial charge >= 0.3 is 0 Å². The van der Waals surface area contributed by atoms with Crippen LogP contribution < -0.4 is 11.1 Å². The minimum Gasteiger partial charge on any atom is -0.370 e. The topological polar surface area (TPSA) is 50.4 Å². The van der Waals surface area contributed by atoms with Crippen LogP contribution in [0.3, 0.4) is 0 Å². The second kappa shape index (κ2) is 6.32. The quantitative estimate of drug-likeness (QED) is 0.658. The molecule has 0 atom stereocenters. The number of nitrogens with two attached hydrogens (primary N) is 1. The van der Waals surface area contributed by atoms with Crippen molar-refractivity contribution in [3.8, 4) is 0 Å². The first-order valence-corrected chi connectivity index (χ1v) is 7.03. The van der Waals surface area contributed by atoms with Crippen LogP contribution in [0, 0.1) is 17.6 Å². The fourth-order valence-corrected chi connectivity index (χ4v) is 2.29. The molecule has 1 aromatic carbocycles. The van der Waals surface area contributed by atoms with Crippen molar-refractivity contribution in [2.24, 2.45) is 16.6 Å². The molecular weight excluding hydrogens is 316 g/mol. The van der Waals surface area contributed by atoms with E-state index in [-0.39, 0.29) is 18.1 Å². The summed E-state index contributed by atoms with van der Waals surface area (Å²) in [5.74, 6) is -0.367. The van der Waals surface area contributed by atoms with Gasteiger partial charge in [0, 0.05) is 16.6 Å². The highest BCUT2D eigenvalue weighted by Crippen LogP contribution is 2.25. The number of hydrogen-bond acceptors (Lipinski definition) is 1. The third kappa shape index (κ3) is 3.89. The van der Waals surface area contributed by atoms with Crippen LogP contribution in [0.25, 0.3) is 0 Å². The molecule has 0 unspecified atom stereocenters. The Hall–Kier alpha value is -1.17. The Bertz CT molecular complexity index is 464. The van der Waals surface area contributed by atoms with Crippen molar-refractivity contribution in [3.05, 3.63) is 33.8 Å². The molecule has 0 aromatic heterocycles. The van der Waals surface area contributed by atoms with Gasteiger partial charge in [-0.25, -0.2) is 13.8 Å². The van der Waals surface area contributed by atoms with Gasteiger partial charge in [-0.3, -0.25) is 0 Å². The summed E-state index contributed by atoms with van der Waals surface area (Å²) in [5.41, 5.74) is 5.59. The molecule has 0 aliphatic heterocycles. The van der Waals surface area contributed by atoms with Crippen molar-refractivity contribution in [2.75, 3.05) is 6.54 Å². The van der Waals surface area contributed by atoms with E-state index in [1.807, 2.05) is 0 Å². The maximum atomic E-state index is 13.5. The monoisotopic (exact) mass is 331 g/mol. The molecule has 19 heavy (non-hydrogen) atoms. The molecule has 0 bridgehead atoms. The summed E-state index contributed by atoms with van der Waals surface area (Å²) < 4.78 is 27.4. The van der Waals surface area contributed by atoms with Crippen LogP contribution in [0.1, 0.15) is 24.8 Å². The number of hydrogen-bond donors (Lipinski definition) is 2. The van der Waals surface area contributed by atoms with Gasteiger partial charge in [-0.2, -0.15) is 0 Å². The second-order valence-electron chi connectivity index (χ2n) is 4.73. The predicted octanol–water partition coefficient (Wildman–Crippen LogP) is 2.93. The Labute approximate surface area is 119 Å². The summed E-state index contributed by atoms with van der Waals surface area (Å²) in [6.07, 6.45) is 3.67. The van der Waals surface area contributed by atoms with Crippen LogP contribution in [-0.4, -0.2) is 12.5 Å². The Kier molecular flexibility index (Phi) is 4.74. The molecule has 3 N–H and O–H groups in total. The number of guanidine groups is 1. The normalized spacial score (nSPS) is 16.3. The number of nitrogens with one attached hydrogen (secondary N) is 1. The minimum atomic E-state index is -0.623. The lowest BCUT2D eigenvalue weighted by Crippen LogP contribution is -2.37. The summed E-state index contributed by atoms with van der Waals surface area (Å²) in [6, 6.07) is 2.43. The zero-order valence-electron chi connectivity index (χ0n) is 10.4. The molecule has 0 spiro atoms. The molecule has 1 aromatic rings. The Morgan fingerprint density at radius 1 is 1.37 bits per heavy atom. The Morgan fingerprint density at radius 3 is 2.53 bits per heavy atom. The van der Waals surface area contributed by atoms with Gasteiger partial charge in [0.05, 0.1) is 6.54 Å². The molecule has 1 aliphatic carbocycles. The fourth-order valence-electron chi connectivity index (χ4n) is 1.89. The molecule has 0 amide bonds. The lowest BCUT2D eigenvalue weighted by atomic mass is 9.85. The fraction of sp³-hybridized carbons (Fsp3) is 0.462. The first-order valence-electron chi connectivity index (χ1n) is 6.23. The first-order chi connectivity index (χ1) is 9.06. The molecule has 3 nitrogen and oxygen atoms in total. The average molecular weight is 332 g/mol. The molecule has 1 fully saturated rings. The summed E-state index contributed by atoms with van der Waals surface area (Å²) in [6.45, 7) is 0.676. The van der Waals surface area contributed by atoms with E-state index in [1.54, 1.807) is 0 Å². The van der Waals surface area contributed by atoms with Crippen LogP contribution >= 0.6 is 15.9 Å². The molecule has 0 saturated heterocycles. The van der Waals surface area contributed by atoms with Crippen molar-refractivity contribution in [3.63, 3.8) is 0 Å². The maximum absolute atomic E-state index is 13.5. The second-order valence-corrected chi connectivity index (χ2v) is 5.64. The van der Waals surface area contributed by atoms with Gasteiger partial charge < -0.3 is 11.1 Å². The number of halogens is 3. The van der Waals surface area contributed by atoms with E-state index in [1.165, 1.54) is 31.4 Å². The summed E-state index contributed by atoms with van der Waals surface area (Å²) in [4.78, 5) is 3.96. The predicted molar refractivity (Wildman–Crippen MR) is 74.7 cm³/mol. The molecule has 1 aliphatic rings. The van der Waals surface area contributed by atoms with Crippen LogP contribution in [0.15, 0.2) is 21.6 Å². The van der Waals surface area contributed by atoms with Gasteiger partial charge in [-0.15, -0.1) is 0 Å². The largest absolute Gasteiger partial charge is 0.370 e. The highest BCUT2D eigenvalue weighted by atomic mass is 79.9. The standard InChI is InChI=1S/C13H16BrF2N3/c14-9-4-11(15)10(12(16)5-9)7-19-13(17)18-6-8-2-1-3-8/h4-5,8H,1-3,6-7H2,(H3,17,18,19). The van der Waals surface area contributed by atoms with Crippen molar-refractivity contribution >= 4 is 21.9 Å². The van der Waals surface area contributed by atoms with Crippen molar-refractivity contribution in [1.29, 1.82) is 0 Å². The van der Waals surface area contributed by atoms with E-state index in [0.717, 1.165) is 6.54 Å². The van der Waals surface area contributed by atoms with E-state index < -0.39 is 11.6 Å². The van der Waals surface area contributed by atoms with Gasteiger partial charge in [0.25, 0.3) is 0 Å². The van der Waals surface area contributed by atoms with Crippen LogP contribution in [0.2, 0.25) is 0 Å². The maximum Gasteiger partial charge on any atom is 0.188 e. The highest BCUT2D eigenvalue weighted by molar-refractivity contribution is 9.10. The van der Waals surface area contributed by atoms with E-state index in [0.29, 0.717) is 10.4 Å². The highest BCUT2D eigenvalue weighted by Gasteiger charge is 2.17. The smallest absolute Gasteiger partial charge is 0.188 e. The van der Waals surface area contributed by atoms with Crippen molar-refractivity contribution in [1.82, 2.24) is 5.32 Å². The summed E-state index contributed by atoms with van der Waals surface area (Å²) in [5, 5.41) is 2.98. The molecule has 104 valence electrons. The molecule has 1 saturated carbocycles. The SMILES string of the molecule is NC(=NCc1c(F)cc(Br)cc1F)NCC1CCC1. The van der Waals surface area contributed by atoms with E-state index in [9.17, 15) is 8.78 Å². The number of rotatable bonds is 4. The number of benzene rings is 1. The molecular formula is C13H16BrF2N3. The van der Waals surface area contributed by atoms with E-state index in [2.05, 4.69) is 26.2 Å². The van der Waals surface area contributed by atoms with Gasteiger partial charge in [0.2, 0.25) is 0 Å². The van der Waals surface area contributed by atoms with E-state index >= 15 is 0 Å². The lowest BCUT2D eigenvalue weighted by Gasteiger charge is -2.25. The molecule has 6 heteroatoms. The average Bonchev–Trinajstić information content (AvgIpc) is 2.25. The summed E-state index contributed by atoms with van der Waals surface area (Å²) >= 11 is 3.03. The van der Waals surface area contributed by atoms with Gasteiger partial charge in [-0.1, -0.05) is 22.4 Å². The van der Waals surface area contributed by atoms with Crippen LogP contribution in [-0.2, 0) is 6.54 Å². The van der Waals surface area contributed by atoms with Crippen molar-refractivity contribution in [2.45, 2.75) is 25.8 Å². The molecule has 2 rings (SSSR count). The van der Waals surface area contributed by atoms with Gasteiger partial charge in [0.15, 0.2) is 5.96 Å². The zero-order valence-corrected chi connectivity index (χ0v) is 12.0. The van der Waals surface area contributed by atoms with E-state index in [4.69, 9.17) is 5.73 Å². The summed E-state index contributed by atoms with van der Waals surface area (Å²) in [7, 11) is 0.